The molecular formula is C17H26F3NO. The molecule has 0 bridgehead atoms. The van der Waals surface area contributed by atoms with E-state index in [1.54, 1.807) is 6.07 Å². The van der Waals surface area contributed by atoms with E-state index in [4.69, 9.17) is 5.73 Å². The first-order chi connectivity index (χ1) is 9.84. The third kappa shape index (κ3) is 5.87. The molecule has 1 rings (SSSR count). The zero-order chi connectivity index (χ0) is 17.2. The van der Waals surface area contributed by atoms with Gasteiger partial charge in [-0.15, -0.1) is 13.2 Å². The van der Waals surface area contributed by atoms with Crippen LogP contribution in [0.3, 0.4) is 0 Å². The Morgan fingerprint density at radius 2 is 1.64 bits per heavy atom. The van der Waals surface area contributed by atoms with E-state index >= 15 is 0 Å². The van der Waals surface area contributed by atoms with Gasteiger partial charge in [-0.2, -0.15) is 0 Å². The maximum absolute atomic E-state index is 12.4. The van der Waals surface area contributed by atoms with Crippen molar-refractivity contribution < 1.29 is 17.9 Å². The molecule has 22 heavy (non-hydrogen) atoms. The normalized spacial score (nSPS) is 13.3. The smallest absolute Gasteiger partial charge is 0.406 e. The highest BCUT2D eigenvalue weighted by Crippen LogP contribution is 2.33. The average molecular weight is 317 g/mol. The van der Waals surface area contributed by atoms with Crippen LogP contribution >= 0.6 is 0 Å². The highest BCUT2D eigenvalue weighted by molar-refractivity contribution is 5.39. The van der Waals surface area contributed by atoms with Crippen LogP contribution in [0.4, 0.5) is 13.2 Å². The second-order valence-corrected chi connectivity index (χ2v) is 7.49. The van der Waals surface area contributed by atoms with E-state index in [2.05, 4.69) is 18.6 Å². The number of rotatable bonds is 5. The van der Waals surface area contributed by atoms with E-state index < -0.39 is 6.36 Å². The van der Waals surface area contributed by atoms with Gasteiger partial charge in [0.25, 0.3) is 0 Å². The van der Waals surface area contributed by atoms with Gasteiger partial charge in [0.15, 0.2) is 0 Å². The first kappa shape index (κ1) is 18.8. The lowest BCUT2D eigenvalue weighted by molar-refractivity contribution is -0.274. The lowest BCUT2D eigenvalue weighted by Crippen LogP contribution is -2.25. The molecule has 0 unspecified atom stereocenters. The van der Waals surface area contributed by atoms with Gasteiger partial charge in [-0.1, -0.05) is 40.7 Å². The summed E-state index contributed by atoms with van der Waals surface area (Å²) >= 11 is 0. The molecule has 0 radical (unpaired) electrons. The fraction of sp³-hybridized carbons (Fsp3) is 0.647. The van der Waals surface area contributed by atoms with Crippen molar-refractivity contribution in [1.29, 1.82) is 0 Å². The summed E-state index contributed by atoms with van der Waals surface area (Å²) in [5.41, 5.74) is 7.47. The second kappa shape index (κ2) is 6.49. The number of nitrogens with two attached hydrogens (primary N) is 1. The zero-order valence-electron chi connectivity index (χ0n) is 14.0. The molecule has 0 aliphatic carbocycles. The number of benzene rings is 1. The molecule has 126 valence electrons. The van der Waals surface area contributed by atoms with Gasteiger partial charge in [-0.05, 0) is 53.5 Å². The van der Waals surface area contributed by atoms with Gasteiger partial charge in [-0.25, -0.2) is 0 Å². The summed E-state index contributed by atoms with van der Waals surface area (Å²) in [6, 6.07) is 4.61. The van der Waals surface area contributed by atoms with E-state index in [0.717, 1.165) is 17.5 Å². The fourth-order valence-corrected chi connectivity index (χ4v) is 2.28. The van der Waals surface area contributed by atoms with Gasteiger partial charge in [0.1, 0.15) is 5.75 Å². The molecule has 0 aliphatic rings. The number of alkyl halides is 3. The van der Waals surface area contributed by atoms with E-state index in [1.807, 2.05) is 20.8 Å². The Hall–Kier alpha value is -1.23. The van der Waals surface area contributed by atoms with Crippen molar-refractivity contribution >= 4 is 0 Å². The minimum atomic E-state index is -4.67. The van der Waals surface area contributed by atoms with Crippen molar-refractivity contribution in [3.63, 3.8) is 0 Å². The monoisotopic (exact) mass is 317 g/mol. The summed E-state index contributed by atoms with van der Waals surface area (Å²) in [6.07, 6.45) is -3.19. The molecule has 0 atom stereocenters. The topological polar surface area (TPSA) is 35.2 Å². The average Bonchev–Trinajstić information content (AvgIpc) is 2.33. The minimum absolute atomic E-state index is 0.0456. The van der Waals surface area contributed by atoms with Crippen LogP contribution in [0, 0.1) is 5.41 Å². The molecule has 0 saturated carbocycles. The lowest BCUT2D eigenvalue weighted by Gasteiger charge is -2.27. The van der Waals surface area contributed by atoms with Crippen LogP contribution in [0.2, 0.25) is 0 Å². The third-order valence-electron chi connectivity index (χ3n) is 3.74. The first-order valence-electron chi connectivity index (χ1n) is 7.43. The summed E-state index contributed by atoms with van der Waals surface area (Å²) in [5.74, 6) is -0.166. The van der Waals surface area contributed by atoms with Crippen molar-refractivity contribution in [3.8, 4) is 5.75 Å². The van der Waals surface area contributed by atoms with E-state index in [0.29, 0.717) is 13.0 Å². The summed E-state index contributed by atoms with van der Waals surface area (Å²) in [7, 11) is 0. The van der Waals surface area contributed by atoms with Gasteiger partial charge in [0, 0.05) is 0 Å². The van der Waals surface area contributed by atoms with Crippen LogP contribution in [0.5, 0.6) is 5.75 Å². The van der Waals surface area contributed by atoms with Crippen molar-refractivity contribution in [1.82, 2.24) is 0 Å². The van der Waals surface area contributed by atoms with Crippen molar-refractivity contribution in [2.45, 2.75) is 59.2 Å². The summed E-state index contributed by atoms with van der Waals surface area (Å²) < 4.78 is 41.2. The van der Waals surface area contributed by atoms with Gasteiger partial charge in [0.2, 0.25) is 0 Å². The standard InChI is InChI=1S/C17H26F3NO/c1-15(2,3)14-7-6-13(22-17(18,19)20)10-12(14)8-9-16(4,5)11-21/h6-7,10H,8-9,11,21H2,1-5H3. The van der Waals surface area contributed by atoms with Crippen molar-refractivity contribution in [2.75, 3.05) is 6.54 Å². The van der Waals surface area contributed by atoms with Crippen LogP contribution in [0.1, 0.15) is 52.2 Å². The quantitative estimate of drug-likeness (QED) is 0.846. The predicted molar refractivity (Wildman–Crippen MR) is 83.0 cm³/mol. The number of halogens is 3. The molecule has 1 aromatic carbocycles. The summed E-state index contributed by atoms with van der Waals surface area (Å²) in [4.78, 5) is 0. The Morgan fingerprint density at radius 1 is 1.05 bits per heavy atom. The predicted octanol–water partition coefficient (Wildman–Crippen LogP) is 4.80. The Balaban J connectivity index is 3.10. The highest BCUT2D eigenvalue weighted by atomic mass is 19.4. The van der Waals surface area contributed by atoms with E-state index in [1.165, 1.54) is 12.1 Å². The van der Waals surface area contributed by atoms with Crippen molar-refractivity contribution in [2.24, 2.45) is 11.1 Å². The molecule has 0 spiro atoms. The third-order valence-corrected chi connectivity index (χ3v) is 3.74. The van der Waals surface area contributed by atoms with Gasteiger partial charge in [0.05, 0.1) is 0 Å². The molecule has 5 heteroatoms. The molecule has 0 fully saturated rings. The maximum Gasteiger partial charge on any atom is 0.573 e. The molecule has 0 amide bonds. The zero-order valence-corrected chi connectivity index (χ0v) is 14.0. The first-order valence-corrected chi connectivity index (χ1v) is 7.43. The SMILES string of the molecule is CC(C)(CN)CCc1cc(OC(F)(F)F)ccc1C(C)(C)C. The van der Waals surface area contributed by atoms with Crippen LogP contribution in [-0.2, 0) is 11.8 Å². The van der Waals surface area contributed by atoms with Gasteiger partial charge in [-0.3, -0.25) is 0 Å². The fourth-order valence-electron chi connectivity index (χ4n) is 2.28. The van der Waals surface area contributed by atoms with Crippen molar-refractivity contribution in [3.05, 3.63) is 29.3 Å². The Labute approximate surface area is 130 Å². The largest absolute Gasteiger partial charge is 0.573 e. The number of hydrogen-bond acceptors (Lipinski definition) is 2. The van der Waals surface area contributed by atoms with Crippen LogP contribution < -0.4 is 10.5 Å². The molecule has 0 aromatic heterocycles. The van der Waals surface area contributed by atoms with E-state index in [-0.39, 0.29) is 16.6 Å². The summed E-state index contributed by atoms with van der Waals surface area (Å²) in [6.45, 7) is 10.8. The van der Waals surface area contributed by atoms with Crippen LogP contribution in [-0.4, -0.2) is 12.9 Å². The van der Waals surface area contributed by atoms with E-state index in [9.17, 15) is 13.2 Å². The minimum Gasteiger partial charge on any atom is -0.406 e. The number of hydrogen-bond donors (Lipinski definition) is 1. The van der Waals surface area contributed by atoms with Crippen LogP contribution in [0.15, 0.2) is 18.2 Å². The highest BCUT2D eigenvalue weighted by Gasteiger charge is 2.31. The summed E-state index contributed by atoms with van der Waals surface area (Å²) in [5, 5.41) is 0. The lowest BCUT2D eigenvalue weighted by atomic mass is 9.80. The molecule has 0 aliphatic heterocycles. The molecule has 0 saturated heterocycles. The maximum atomic E-state index is 12.4. The Bertz CT molecular complexity index is 502. The number of aryl methyl sites for hydroxylation is 1. The second-order valence-electron chi connectivity index (χ2n) is 7.49. The van der Waals surface area contributed by atoms with Gasteiger partial charge < -0.3 is 10.5 Å². The van der Waals surface area contributed by atoms with Gasteiger partial charge >= 0.3 is 6.36 Å². The Kier molecular flexibility index (Phi) is 5.55. The van der Waals surface area contributed by atoms with Crippen LogP contribution in [0.25, 0.3) is 0 Å². The number of ether oxygens (including phenoxy) is 1. The molecule has 2 N–H and O–H groups in total. The Morgan fingerprint density at radius 3 is 2.09 bits per heavy atom. The molecule has 0 heterocycles. The molecular weight excluding hydrogens is 291 g/mol. The molecule has 1 aromatic rings. The molecule has 2 nitrogen and oxygen atoms in total.